The van der Waals surface area contributed by atoms with Gasteiger partial charge in [0.1, 0.15) is 0 Å². The molecule has 0 fully saturated rings. The minimum atomic E-state index is -0.305. The number of nitrogens with one attached hydrogen (secondary N) is 1. The van der Waals surface area contributed by atoms with Crippen molar-refractivity contribution < 1.29 is 14.3 Å². The smallest absolute Gasteiger partial charge is 0.271 e. The molecule has 0 bridgehead atoms. The second-order valence-corrected chi connectivity index (χ2v) is 6.92. The lowest BCUT2D eigenvalue weighted by molar-refractivity contribution is 0.0955. The highest BCUT2D eigenvalue weighted by atomic mass is 127. The van der Waals surface area contributed by atoms with Crippen LogP contribution in [0.4, 0.5) is 0 Å². The van der Waals surface area contributed by atoms with Gasteiger partial charge in [-0.15, -0.1) is 0 Å². The van der Waals surface area contributed by atoms with Crippen molar-refractivity contribution in [2.24, 2.45) is 5.10 Å². The van der Waals surface area contributed by atoms with Crippen molar-refractivity contribution in [3.63, 3.8) is 0 Å². The Hall–Kier alpha value is -1.80. The van der Waals surface area contributed by atoms with Crippen LogP contribution in [0.15, 0.2) is 41.5 Å². The molecule has 2 aromatic rings. The zero-order valence-corrected chi connectivity index (χ0v) is 17.5. The molecule has 0 saturated heterocycles. The monoisotopic (exact) mass is 486 g/mol. The lowest BCUT2D eigenvalue weighted by atomic mass is 10.2. The quantitative estimate of drug-likeness (QED) is 0.328. The first kappa shape index (κ1) is 20.5. The van der Waals surface area contributed by atoms with E-state index in [0.29, 0.717) is 29.5 Å². The van der Waals surface area contributed by atoms with E-state index in [0.717, 1.165) is 21.3 Å². The number of benzene rings is 2. The number of carbonyl (C=O) groups excluding carboxylic acids is 1. The summed E-state index contributed by atoms with van der Waals surface area (Å²) in [6, 6.07) is 10.4. The molecule has 0 aliphatic heterocycles. The first-order valence-electron chi connectivity index (χ1n) is 8.23. The van der Waals surface area contributed by atoms with E-state index in [1.54, 1.807) is 30.5 Å². The second kappa shape index (κ2) is 10.4. The Morgan fingerprint density at radius 2 is 1.96 bits per heavy atom. The predicted octanol–water partition coefficient (Wildman–Crippen LogP) is 4.90. The molecular formula is C19H20ClIN2O3. The minimum absolute atomic E-state index is 0.305. The summed E-state index contributed by atoms with van der Waals surface area (Å²) in [4.78, 5) is 12.0. The number of hydrazone groups is 1. The van der Waals surface area contributed by atoms with E-state index in [9.17, 15) is 4.79 Å². The minimum Gasteiger partial charge on any atom is -0.490 e. The fourth-order valence-corrected chi connectivity index (χ4v) is 3.01. The van der Waals surface area contributed by atoms with Crippen molar-refractivity contribution in [2.45, 2.75) is 20.3 Å². The highest BCUT2D eigenvalue weighted by Crippen LogP contribution is 2.34. The van der Waals surface area contributed by atoms with Gasteiger partial charge in [-0.3, -0.25) is 4.79 Å². The first-order valence-corrected chi connectivity index (χ1v) is 9.69. The summed E-state index contributed by atoms with van der Waals surface area (Å²) < 4.78 is 12.4. The SMILES string of the molecule is CCCOc1c(I)cc(/C=N/NC(=O)c2ccc(Cl)cc2)cc1OCC. The summed E-state index contributed by atoms with van der Waals surface area (Å²) in [5.41, 5.74) is 3.79. The lowest BCUT2D eigenvalue weighted by Crippen LogP contribution is -2.17. The van der Waals surface area contributed by atoms with Crippen LogP contribution in [0.25, 0.3) is 0 Å². The van der Waals surface area contributed by atoms with Gasteiger partial charge in [0.05, 0.1) is 23.0 Å². The number of ether oxygens (including phenoxy) is 2. The molecule has 5 nitrogen and oxygen atoms in total. The number of amides is 1. The summed E-state index contributed by atoms with van der Waals surface area (Å²) >= 11 is 8.02. The predicted molar refractivity (Wildman–Crippen MR) is 113 cm³/mol. The summed E-state index contributed by atoms with van der Waals surface area (Å²) in [5.74, 6) is 1.09. The van der Waals surface area contributed by atoms with Crippen LogP contribution in [-0.2, 0) is 0 Å². The Kier molecular flexibility index (Phi) is 8.18. The highest BCUT2D eigenvalue weighted by Gasteiger charge is 2.11. The molecule has 0 heterocycles. The number of hydrogen-bond donors (Lipinski definition) is 1. The van der Waals surface area contributed by atoms with Crippen molar-refractivity contribution >= 4 is 46.3 Å². The zero-order chi connectivity index (χ0) is 18.9. The average Bonchev–Trinajstić information content (AvgIpc) is 2.62. The van der Waals surface area contributed by atoms with E-state index in [1.165, 1.54) is 0 Å². The fraction of sp³-hybridized carbons (Fsp3) is 0.263. The van der Waals surface area contributed by atoms with Crippen LogP contribution in [0.3, 0.4) is 0 Å². The normalized spacial score (nSPS) is 10.8. The van der Waals surface area contributed by atoms with Gasteiger partial charge in [0.2, 0.25) is 0 Å². The number of carbonyl (C=O) groups is 1. The van der Waals surface area contributed by atoms with Gasteiger partial charge < -0.3 is 9.47 Å². The number of nitrogens with zero attached hydrogens (tertiary/aromatic N) is 1. The molecule has 1 N–H and O–H groups in total. The third-order valence-corrected chi connectivity index (χ3v) is 4.32. The lowest BCUT2D eigenvalue weighted by Gasteiger charge is -2.14. The Morgan fingerprint density at radius 3 is 2.62 bits per heavy atom. The van der Waals surface area contributed by atoms with Gasteiger partial charge in [-0.2, -0.15) is 5.10 Å². The van der Waals surface area contributed by atoms with Crippen molar-refractivity contribution in [1.82, 2.24) is 5.43 Å². The van der Waals surface area contributed by atoms with Crippen molar-refractivity contribution in [2.75, 3.05) is 13.2 Å². The summed E-state index contributed by atoms with van der Waals surface area (Å²) in [6.45, 7) is 5.13. The molecule has 0 aromatic heterocycles. The molecular weight excluding hydrogens is 467 g/mol. The number of hydrogen-bond acceptors (Lipinski definition) is 4. The average molecular weight is 487 g/mol. The van der Waals surface area contributed by atoms with E-state index in [2.05, 4.69) is 40.0 Å². The molecule has 138 valence electrons. The van der Waals surface area contributed by atoms with Crippen LogP contribution in [0, 0.1) is 3.57 Å². The third-order valence-electron chi connectivity index (χ3n) is 3.27. The van der Waals surface area contributed by atoms with Crippen molar-refractivity contribution in [3.8, 4) is 11.5 Å². The molecule has 2 rings (SSSR count). The molecule has 0 aliphatic carbocycles. The number of halogens is 2. The summed E-state index contributed by atoms with van der Waals surface area (Å²) in [6.07, 6.45) is 2.49. The molecule has 0 aliphatic rings. The van der Waals surface area contributed by atoms with Crippen LogP contribution >= 0.6 is 34.2 Å². The molecule has 0 unspecified atom stereocenters. The van der Waals surface area contributed by atoms with Gasteiger partial charge in [-0.1, -0.05) is 18.5 Å². The zero-order valence-electron chi connectivity index (χ0n) is 14.6. The van der Waals surface area contributed by atoms with E-state index >= 15 is 0 Å². The van der Waals surface area contributed by atoms with Crippen LogP contribution in [-0.4, -0.2) is 25.3 Å². The van der Waals surface area contributed by atoms with Gasteiger partial charge in [0.25, 0.3) is 5.91 Å². The van der Waals surface area contributed by atoms with Gasteiger partial charge >= 0.3 is 0 Å². The Morgan fingerprint density at radius 1 is 1.23 bits per heavy atom. The molecule has 0 radical (unpaired) electrons. The van der Waals surface area contributed by atoms with Gasteiger partial charge in [-0.05, 0) is 77.9 Å². The standard InChI is InChI=1S/C19H20ClIN2O3/c1-3-9-26-18-16(21)10-13(11-17(18)25-4-2)12-22-23-19(24)14-5-7-15(20)8-6-14/h5-8,10-12H,3-4,9H2,1-2H3,(H,23,24)/b22-12+. The second-order valence-electron chi connectivity index (χ2n) is 5.32. The third kappa shape index (κ3) is 5.88. The van der Waals surface area contributed by atoms with Gasteiger partial charge in [0.15, 0.2) is 11.5 Å². The van der Waals surface area contributed by atoms with E-state index in [4.69, 9.17) is 21.1 Å². The van der Waals surface area contributed by atoms with E-state index < -0.39 is 0 Å². The van der Waals surface area contributed by atoms with Crippen LogP contribution < -0.4 is 14.9 Å². The van der Waals surface area contributed by atoms with Crippen LogP contribution in [0.2, 0.25) is 5.02 Å². The molecule has 0 atom stereocenters. The van der Waals surface area contributed by atoms with Crippen molar-refractivity contribution in [3.05, 3.63) is 56.1 Å². The fourth-order valence-electron chi connectivity index (χ4n) is 2.10. The van der Waals surface area contributed by atoms with Crippen molar-refractivity contribution in [1.29, 1.82) is 0 Å². The maximum atomic E-state index is 12.0. The van der Waals surface area contributed by atoms with Crippen LogP contribution in [0.1, 0.15) is 36.2 Å². The molecule has 0 spiro atoms. The van der Waals surface area contributed by atoms with Gasteiger partial charge in [-0.25, -0.2) is 5.43 Å². The topological polar surface area (TPSA) is 59.9 Å². The maximum Gasteiger partial charge on any atom is 0.271 e. The molecule has 7 heteroatoms. The molecule has 0 saturated carbocycles. The Labute approximate surface area is 171 Å². The highest BCUT2D eigenvalue weighted by molar-refractivity contribution is 14.1. The van der Waals surface area contributed by atoms with Gasteiger partial charge in [0, 0.05) is 10.6 Å². The number of rotatable bonds is 8. The largest absolute Gasteiger partial charge is 0.490 e. The van der Waals surface area contributed by atoms with E-state index in [-0.39, 0.29) is 5.91 Å². The Bertz CT molecular complexity index is 779. The molecule has 26 heavy (non-hydrogen) atoms. The summed E-state index contributed by atoms with van der Waals surface area (Å²) in [7, 11) is 0. The maximum absolute atomic E-state index is 12.0. The van der Waals surface area contributed by atoms with E-state index in [1.807, 2.05) is 19.1 Å². The molecule has 2 aromatic carbocycles. The molecule has 1 amide bonds. The first-order chi connectivity index (χ1) is 12.5. The Balaban J connectivity index is 2.11. The summed E-state index contributed by atoms with van der Waals surface area (Å²) in [5, 5.41) is 4.59. The van der Waals surface area contributed by atoms with Crippen LogP contribution in [0.5, 0.6) is 11.5 Å².